The summed E-state index contributed by atoms with van der Waals surface area (Å²) in [4.78, 5) is 22.4. The number of amides is 1. The molecule has 3 rings (SSSR count). The van der Waals surface area contributed by atoms with E-state index in [1.54, 1.807) is 17.3 Å². The molecule has 1 fully saturated rings. The van der Waals surface area contributed by atoms with Crippen molar-refractivity contribution in [2.45, 2.75) is 6.54 Å². The first kappa shape index (κ1) is 15.7. The highest BCUT2D eigenvalue weighted by atomic mass is 35.5. The molecule has 1 aromatic carbocycles. The standard InChI is InChI=1S/C16H17ClN4O2/c17-14-4-2-1-3-12(14)9-18-16-19-10-13(11-20-16)15(22)21-5-7-23-8-6-21/h1-4,10-11H,5-9H2,(H,18,19,20). The number of rotatable bonds is 4. The van der Waals surface area contributed by atoms with Gasteiger partial charge < -0.3 is 15.0 Å². The van der Waals surface area contributed by atoms with Crippen LogP contribution < -0.4 is 5.32 Å². The predicted molar refractivity (Wildman–Crippen MR) is 87.5 cm³/mol. The Morgan fingerprint density at radius 3 is 2.61 bits per heavy atom. The van der Waals surface area contributed by atoms with Crippen molar-refractivity contribution in [3.8, 4) is 0 Å². The quantitative estimate of drug-likeness (QED) is 0.929. The van der Waals surface area contributed by atoms with Gasteiger partial charge in [0.05, 0.1) is 18.8 Å². The van der Waals surface area contributed by atoms with Gasteiger partial charge in [0.1, 0.15) is 0 Å². The lowest BCUT2D eigenvalue weighted by molar-refractivity contribution is 0.0302. The number of hydrogen-bond donors (Lipinski definition) is 1. The van der Waals surface area contributed by atoms with E-state index >= 15 is 0 Å². The summed E-state index contributed by atoms with van der Waals surface area (Å²) in [6, 6.07) is 7.58. The van der Waals surface area contributed by atoms with Crippen LogP contribution in [-0.4, -0.2) is 47.1 Å². The van der Waals surface area contributed by atoms with Crippen molar-refractivity contribution >= 4 is 23.5 Å². The van der Waals surface area contributed by atoms with E-state index in [1.807, 2.05) is 24.3 Å². The number of hydrogen-bond acceptors (Lipinski definition) is 5. The topological polar surface area (TPSA) is 67.4 Å². The molecule has 0 saturated carbocycles. The van der Waals surface area contributed by atoms with Gasteiger partial charge >= 0.3 is 0 Å². The average molecular weight is 333 g/mol. The van der Waals surface area contributed by atoms with Gasteiger partial charge in [-0.05, 0) is 11.6 Å². The highest BCUT2D eigenvalue weighted by Gasteiger charge is 2.19. The van der Waals surface area contributed by atoms with E-state index in [0.717, 1.165) is 5.56 Å². The molecule has 120 valence electrons. The van der Waals surface area contributed by atoms with Gasteiger partial charge in [-0.1, -0.05) is 29.8 Å². The molecule has 6 nitrogen and oxygen atoms in total. The van der Waals surface area contributed by atoms with Crippen molar-refractivity contribution in [1.29, 1.82) is 0 Å². The second-order valence-electron chi connectivity index (χ2n) is 5.14. The average Bonchev–Trinajstić information content (AvgIpc) is 2.62. The first-order chi connectivity index (χ1) is 11.2. The van der Waals surface area contributed by atoms with Crippen LogP contribution in [0.5, 0.6) is 0 Å². The van der Waals surface area contributed by atoms with Gasteiger partial charge in [0.2, 0.25) is 5.95 Å². The van der Waals surface area contributed by atoms with Crippen LogP contribution >= 0.6 is 11.6 Å². The molecule has 1 amide bonds. The first-order valence-electron chi connectivity index (χ1n) is 7.40. The molecular formula is C16H17ClN4O2. The summed E-state index contributed by atoms with van der Waals surface area (Å²) in [7, 11) is 0. The maximum absolute atomic E-state index is 12.3. The molecule has 2 heterocycles. The fourth-order valence-corrected chi connectivity index (χ4v) is 2.50. The van der Waals surface area contributed by atoms with Gasteiger partial charge in [-0.15, -0.1) is 0 Å². The monoisotopic (exact) mass is 332 g/mol. The molecule has 7 heteroatoms. The first-order valence-corrected chi connectivity index (χ1v) is 7.78. The van der Waals surface area contributed by atoms with Gasteiger partial charge in [0, 0.05) is 37.1 Å². The lowest BCUT2D eigenvalue weighted by Gasteiger charge is -2.26. The SMILES string of the molecule is O=C(c1cnc(NCc2ccccc2Cl)nc1)N1CCOCC1. The van der Waals surface area contributed by atoms with Gasteiger partial charge in [0.15, 0.2) is 0 Å². The minimum atomic E-state index is -0.0639. The van der Waals surface area contributed by atoms with Crippen molar-refractivity contribution in [3.63, 3.8) is 0 Å². The van der Waals surface area contributed by atoms with Crippen LogP contribution in [0.15, 0.2) is 36.7 Å². The minimum Gasteiger partial charge on any atom is -0.378 e. The van der Waals surface area contributed by atoms with Crippen LogP contribution in [0.25, 0.3) is 0 Å². The Labute approximate surface area is 139 Å². The Morgan fingerprint density at radius 1 is 1.22 bits per heavy atom. The number of ether oxygens (including phenoxy) is 1. The zero-order valence-corrected chi connectivity index (χ0v) is 13.3. The maximum atomic E-state index is 12.3. The molecule has 0 aliphatic carbocycles. The van der Waals surface area contributed by atoms with Crippen LogP contribution in [0.2, 0.25) is 5.02 Å². The highest BCUT2D eigenvalue weighted by molar-refractivity contribution is 6.31. The van der Waals surface area contributed by atoms with E-state index in [1.165, 1.54) is 0 Å². The fraction of sp³-hybridized carbons (Fsp3) is 0.312. The van der Waals surface area contributed by atoms with Crippen molar-refractivity contribution in [2.75, 3.05) is 31.6 Å². The smallest absolute Gasteiger partial charge is 0.257 e. The van der Waals surface area contributed by atoms with Crippen molar-refractivity contribution < 1.29 is 9.53 Å². The predicted octanol–water partition coefficient (Wildman–Crippen LogP) is 2.21. The second-order valence-corrected chi connectivity index (χ2v) is 5.55. The van der Waals surface area contributed by atoms with Crippen molar-refractivity contribution in [2.24, 2.45) is 0 Å². The molecular weight excluding hydrogens is 316 g/mol. The summed E-state index contributed by atoms with van der Waals surface area (Å²) in [6.45, 7) is 2.88. The molecule has 1 saturated heterocycles. The zero-order chi connectivity index (χ0) is 16.1. The largest absolute Gasteiger partial charge is 0.378 e. The number of nitrogens with zero attached hydrogens (tertiary/aromatic N) is 3. The molecule has 1 aliphatic heterocycles. The summed E-state index contributed by atoms with van der Waals surface area (Å²) in [6.07, 6.45) is 3.08. The van der Waals surface area contributed by atoms with Gasteiger partial charge in [-0.3, -0.25) is 4.79 Å². The van der Waals surface area contributed by atoms with Gasteiger partial charge in [-0.25, -0.2) is 9.97 Å². The number of nitrogens with one attached hydrogen (secondary N) is 1. The molecule has 0 spiro atoms. The molecule has 0 atom stereocenters. The molecule has 23 heavy (non-hydrogen) atoms. The normalized spacial score (nSPS) is 14.6. The molecule has 1 aromatic heterocycles. The fourth-order valence-electron chi connectivity index (χ4n) is 2.29. The number of anilines is 1. The van der Waals surface area contributed by atoms with E-state index in [2.05, 4.69) is 15.3 Å². The highest BCUT2D eigenvalue weighted by Crippen LogP contribution is 2.16. The summed E-state index contributed by atoms with van der Waals surface area (Å²) >= 11 is 6.10. The number of halogens is 1. The Hall–Kier alpha value is -2.18. The lowest BCUT2D eigenvalue weighted by Crippen LogP contribution is -2.40. The number of carbonyl (C=O) groups is 1. The molecule has 0 unspecified atom stereocenters. The van der Waals surface area contributed by atoms with E-state index in [0.29, 0.717) is 49.4 Å². The van der Waals surface area contributed by atoms with Crippen LogP contribution in [-0.2, 0) is 11.3 Å². The van der Waals surface area contributed by atoms with E-state index in [9.17, 15) is 4.79 Å². The maximum Gasteiger partial charge on any atom is 0.257 e. The number of benzene rings is 1. The number of carbonyl (C=O) groups excluding carboxylic acids is 1. The van der Waals surface area contributed by atoms with Crippen LogP contribution in [0.4, 0.5) is 5.95 Å². The Balaban J connectivity index is 1.60. The van der Waals surface area contributed by atoms with Crippen molar-refractivity contribution in [1.82, 2.24) is 14.9 Å². The Bertz CT molecular complexity index is 672. The van der Waals surface area contributed by atoms with E-state index in [-0.39, 0.29) is 5.91 Å². The van der Waals surface area contributed by atoms with Crippen LogP contribution in [0, 0.1) is 0 Å². The summed E-state index contributed by atoms with van der Waals surface area (Å²) in [5.74, 6) is 0.398. The van der Waals surface area contributed by atoms with Crippen molar-refractivity contribution in [3.05, 3.63) is 52.8 Å². The molecule has 1 N–H and O–H groups in total. The zero-order valence-electron chi connectivity index (χ0n) is 12.5. The van der Waals surface area contributed by atoms with Crippen LogP contribution in [0.1, 0.15) is 15.9 Å². The molecule has 1 aliphatic rings. The molecule has 2 aromatic rings. The van der Waals surface area contributed by atoms with E-state index in [4.69, 9.17) is 16.3 Å². The number of aromatic nitrogens is 2. The van der Waals surface area contributed by atoms with Gasteiger partial charge in [-0.2, -0.15) is 0 Å². The summed E-state index contributed by atoms with van der Waals surface area (Å²) in [5, 5.41) is 3.79. The van der Waals surface area contributed by atoms with E-state index < -0.39 is 0 Å². The third kappa shape index (κ3) is 3.97. The summed E-state index contributed by atoms with van der Waals surface area (Å²) in [5.41, 5.74) is 1.45. The third-order valence-electron chi connectivity index (χ3n) is 3.59. The minimum absolute atomic E-state index is 0.0639. The Kier molecular flexibility index (Phi) is 5.05. The third-order valence-corrected chi connectivity index (χ3v) is 3.96. The lowest BCUT2D eigenvalue weighted by atomic mass is 10.2. The number of morpholine rings is 1. The Morgan fingerprint density at radius 2 is 1.91 bits per heavy atom. The molecule has 0 radical (unpaired) electrons. The van der Waals surface area contributed by atoms with Crippen LogP contribution in [0.3, 0.4) is 0 Å². The summed E-state index contributed by atoms with van der Waals surface area (Å²) < 4.78 is 5.24. The molecule has 0 bridgehead atoms. The second kappa shape index (κ2) is 7.39. The van der Waals surface area contributed by atoms with Gasteiger partial charge in [0.25, 0.3) is 5.91 Å².